The van der Waals surface area contributed by atoms with Gasteiger partial charge < -0.3 is 11.1 Å². The van der Waals surface area contributed by atoms with Crippen LogP contribution in [0.5, 0.6) is 0 Å². The number of amides is 1. The lowest BCUT2D eigenvalue weighted by Crippen LogP contribution is -2.54. The molecule has 4 rings (SSSR count). The Morgan fingerprint density at radius 1 is 1.44 bits per heavy atom. The summed E-state index contributed by atoms with van der Waals surface area (Å²) >= 11 is 1.38. The Labute approximate surface area is 160 Å². The van der Waals surface area contributed by atoms with Crippen LogP contribution < -0.4 is 11.1 Å². The molecule has 0 aliphatic carbocycles. The highest BCUT2D eigenvalue weighted by atomic mass is 32.2. The maximum atomic E-state index is 12.7. The van der Waals surface area contributed by atoms with Gasteiger partial charge in [0.1, 0.15) is 0 Å². The van der Waals surface area contributed by atoms with E-state index in [2.05, 4.69) is 15.4 Å². The first kappa shape index (κ1) is 18.1. The van der Waals surface area contributed by atoms with Crippen LogP contribution in [0.4, 0.5) is 0 Å². The monoisotopic (exact) mass is 405 g/mol. The van der Waals surface area contributed by atoms with Crippen molar-refractivity contribution in [2.45, 2.75) is 25.4 Å². The molecule has 1 saturated heterocycles. The molecule has 2 atom stereocenters. The third-order valence-electron chi connectivity index (χ3n) is 4.71. The van der Waals surface area contributed by atoms with Crippen LogP contribution in [0.2, 0.25) is 0 Å². The third kappa shape index (κ3) is 3.47. The zero-order valence-corrected chi connectivity index (χ0v) is 16.3. The van der Waals surface area contributed by atoms with Gasteiger partial charge in [0.05, 0.1) is 28.3 Å². The number of hydrogen-bond donors (Lipinski definition) is 2. The van der Waals surface area contributed by atoms with Crippen LogP contribution in [0.25, 0.3) is 16.9 Å². The second kappa shape index (κ2) is 6.70. The fourth-order valence-electron chi connectivity index (χ4n) is 3.29. The summed E-state index contributed by atoms with van der Waals surface area (Å²) < 4.78 is 25.0. The second-order valence-electron chi connectivity index (χ2n) is 6.66. The Kier molecular flexibility index (Phi) is 4.49. The maximum Gasteiger partial charge on any atom is 0.261 e. The molecule has 0 radical (unpaired) electrons. The van der Waals surface area contributed by atoms with Gasteiger partial charge in [0.15, 0.2) is 15.5 Å². The number of carbonyl (C=O) groups is 1. The van der Waals surface area contributed by atoms with Gasteiger partial charge >= 0.3 is 0 Å². The molecule has 0 spiro atoms. The van der Waals surface area contributed by atoms with Crippen LogP contribution in [0.15, 0.2) is 30.6 Å². The Hall–Kier alpha value is -2.30. The molecule has 1 aliphatic heterocycles. The van der Waals surface area contributed by atoms with Crippen molar-refractivity contribution in [3.8, 4) is 11.3 Å². The number of fused-ring (bicyclic) bond motifs is 1. The van der Waals surface area contributed by atoms with Crippen molar-refractivity contribution in [1.29, 1.82) is 0 Å². The first-order valence-corrected chi connectivity index (χ1v) is 11.1. The molecule has 3 N–H and O–H groups in total. The van der Waals surface area contributed by atoms with E-state index < -0.39 is 15.9 Å². The van der Waals surface area contributed by atoms with Crippen molar-refractivity contribution < 1.29 is 13.2 Å². The number of aromatic nitrogens is 3. The zero-order valence-electron chi connectivity index (χ0n) is 14.6. The van der Waals surface area contributed by atoms with E-state index in [0.717, 1.165) is 21.8 Å². The minimum absolute atomic E-state index is 0.0495. The number of thiophene rings is 1. The van der Waals surface area contributed by atoms with E-state index in [1.165, 1.54) is 11.3 Å². The predicted molar refractivity (Wildman–Crippen MR) is 104 cm³/mol. The fraction of sp³-hybridized carbons (Fsp3) is 0.353. The number of nitrogens with zero attached hydrogens (tertiary/aromatic N) is 3. The molecule has 27 heavy (non-hydrogen) atoms. The largest absolute Gasteiger partial charge is 0.347 e. The lowest BCUT2D eigenvalue weighted by atomic mass is 10.1. The molecule has 3 aromatic rings. The van der Waals surface area contributed by atoms with Crippen molar-refractivity contribution in [2.75, 3.05) is 11.5 Å². The maximum absolute atomic E-state index is 12.7. The summed E-state index contributed by atoms with van der Waals surface area (Å²) in [7, 11) is -3.11. The lowest BCUT2D eigenvalue weighted by Gasteiger charge is -2.29. The second-order valence-corrected chi connectivity index (χ2v) is 10.1. The summed E-state index contributed by atoms with van der Waals surface area (Å²) in [5.74, 6) is -0.288. The van der Waals surface area contributed by atoms with Gasteiger partial charge in [0.25, 0.3) is 5.91 Å². The van der Waals surface area contributed by atoms with Gasteiger partial charge in [-0.1, -0.05) is 0 Å². The van der Waals surface area contributed by atoms with Crippen molar-refractivity contribution in [3.05, 3.63) is 40.3 Å². The van der Waals surface area contributed by atoms with Crippen LogP contribution in [-0.4, -0.2) is 52.5 Å². The summed E-state index contributed by atoms with van der Waals surface area (Å²) in [4.78, 5) is 18.5. The molecule has 0 saturated carbocycles. The predicted octanol–water partition coefficient (Wildman–Crippen LogP) is 1.01. The van der Waals surface area contributed by atoms with E-state index in [0.29, 0.717) is 11.3 Å². The number of aryl methyl sites for hydroxylation is 1. The Balaban J connectivity index is 1.57. The van der Waals surface area contributed by atoms with Crippen LogP contribution in [0, 0.1) is 6.92 Å². The van der Waals surface area contributed by atoms with E-state index >= 15 is 0 Å². The van der Waals surface area contributed by atoms with Crippen LogP contribution >= 0.6 is 11.3 Å². The molecular weight excluding hydrogens is 386 g/mol. The standard InChI is InChI=1S/C17H19N5O3S2/c1-10-11(14-8-19-16-3-2-5-20-22(14)16)7-15(26-10)17(23)21-13-4-6-27(24,25)9-12(13)18/h2-3,5,7-8,12-13H,4,6,9,18H2,1H3,(H,21,23)/t12-,13?/m1/s1. The molecule has 3 aromatic heterocycles. The van der Waals surface area contributed by atoms with Crippen molar-refractivity contribution in [3.63, 3.8) is 0 Å². The van der Waals surface area contributed by atoms with E-state index in [9.17, 15) is 13.2 Å². The minimum Gasteiger partial charge on any atom is -0.347 e. The lowest BCUT2D eigenvalue weighted by molar-refractivity contribution is 0.0934. The summed E-state index contributed by atoms with van der Waals surface area (Å²) in [6.45, 7) is 1.94. The minimum atomic E-state index is -3.11. The van der Waals surface area contributed by atoms with E-state index in [1.807, 2.05) is 25.1 Å². The van der Waals surface area contributed by atoms with Crippen molar-refractivity contribution in [1.82, 2.24) is 19.9 Å². The summed E-state index contributed by atoms with van der Waals surface area (Å²) in [5.41, 5.74) is 8.39. The van der Waals surface area contributed by atoms with Gasteiger partial charge in [0, 0.05) is 28.7 Å². The van der Waals surface area contributed by atoms with Gasteiger partial charge in [-0.05, 0) is 31.5 Å². The molecule has 10 heteroatoms. The van der Waals surface area contributed by atoms with Gasteiger partial charge in [0.2, 0.25) is 0 Å². The number of imidazole rings is 1. The highest BCUT2D eigenvalue weighted by Crippen LogP contribution is 2.31. The topological polar surface area (TPSA) is 119 Å². The van der Waals surface area contributed by atoms with Gasteiger partial charge in [-0.2, -0.15) is 5.10 Å². The fourth-order valence-corrected chi connectivity index (χ4v) is 5.82. The first-order valence-electron chi connectivity index (χ1n) is 8.50. The molecule has 0 aromatic carbocycles. The van der Waals surface area contributed by atoms with E-state index in [1.54, 1.807) is 16.9 Å². The number of rotatable bonds is 3. The van der Waals surface area contributed by atoms with Crippen LogP contribution in [-0.2, 0) is 9.84 Å². The Morgan fingerprint density at radius 2 is 2.26 bits per heavy atom. The number of sulfone groups is 1. The third-order valence-corrected chi connectivity index (χ3v) is 7.51. The zero-order chi connectivity index (χ0) is 19.2. The summed E-state index contributed by atoms with van der Waals surface area (Å²) in [6, 6.07) is 4.57. The van der Waals surface area contributed by atoms with Crippen molar-refractivity contribution >= 4 is 32.7 Å². The number of nitrogens with two attached hydrogens (primary N) is 1. The summed E-state index contributed by atoms with van der Waals surface area (Å²) in [5, 5.41) is 7.20. The van der Waals surface area contributed by atoms with E-state index in [4.69, 9.17) is 5.73 Å². The molecule has 8 nitrogen and oxygen atoms in total. The molecular formula is C17H19N5O3S2. The van der Waals surface area contributed by atoms with Crippen molar-refractivity contribution in [2.24, 2.45) is 5.73 Å². The average molecular weight is 406 g/mol. The van der Waals surface area contributed by atoms with Crippen LogP contribution in [0.3, 0.4) is 0 Å². The smallest absolute Gasteiger partial charge is 0.261 e. The molecule has 4 heterocycles. The number of hydrogen-bond acceptors (Lipinski definition) is 7. The quantitative estimate of drug-likeness (QED) is 0.671. The SMILES string of the molecule is Cc1sc(C(=O)NC2CCS(=O)(=O)C[C@H]2N)cc1-c1cnc2cccnn12. The average Bonchev–Trinajstić information content (AvgIpc) is 3.20. The molecule has 1 amide bonds. The van der Waals surface area contributed by atoms with Gasteiger partial charge in [-0.15, -0.1) is 11.3 Å². The van der Waals surface area contributed by atoms with Gasteiger partial charge in [-0.3, -0.25) is 4.79 Å². The normalized spacial score (nSPS) is 22.0. The van der Waals surface area contributed by atoms with E-state index in [-0.39, 0.29) is 23.5 Å². The Morgan fingerprint density at radius 3 is 3.04 bits per heavy atom. The molecule has 1 fully saturated rings. The Bertz CT molecular complexity index is 1120. The molecule has 1 aliphatic rings. The molecule has 1 unspecified atom stereocenters. The molecule has 0 bridgehead atoms. The highest BCUT2D eigenvalue weighted by Gasteiger charge is 2.32. The van der Waals surface area contributed by atoms with Gasteiger partial charge in [-0.25, -0.2) is 17.9 Å². The molecule has 142 valence electrons. The summed E-state index contributed by atoms with van der Waals surface area (Å²) in [6.07, 6.45) is 3.76. The highest BCUT2D eigenvalue weighted by molar-refractivity contribution is 7.91. The number of carbonyl (C=O) groups excluding carboxylic acids is 1. The first-order chi connectivity index (χ1) is 12.8. The number of nitrogens with one attached hydrogen (secondary N) is 1. The van der Waals surface area contributed by atoms with Crippen LogP contribution in [0.1, 0.15) is 21.0 Å².